The Morgan fingerprint density at radius 3 is 1.45 bits per heavy atom. The summed E-state index contributed by atoms with van der Waals surface area (Å²) in [6.45, 7) is 11.5. The van der Waals surface area contributed by atoms with E-state index < -0.39 is 17.4 Å². The smallest absolute Gasteiger partial charge is 0.124 e. The molecule has 0 heterocycles. The second-order valence-corrected chi connectivity index (χ2v) is 15.3. The van der Waals surface area contributed by atoms with Crippen LogP contribution in [0.1, 0.15) is 117 Å². The lowest BCUT2D eigenvalue weighted by Crippen LogP contribution is -2.12. The number of benzene rings is 1. The Hall–Kier alpha value is -0.440. The van der Waals surface area contributed by atoms with Gasteiger partial charge in [0.05, 0.1) is 29.5 Å². The second kappa shape index (κ2) is 19.8. The quantitative estimate of drug-likeness (QED) is 0.115. The molecule has 1 aromatic carbocycles. The molecule has 0 saturated carbocycles. The Morgan fingerprint density at radius 2 is 1.06 bits per heavy atom. The van der Waals surface area contributed by atoms with Crippen LogP contribution < -0.4 is 0 Å². The molecule has 0 N–H and O–H groups in total. The van der Waals surface area contributed by atoms with Crippen molar-refractivity contribution in [2.24, 2.45) is 0 Å². The van der Waals surface area contributed by atoms with Crippen molar-refractivity contribution in [3.05, 3.63) is 29.8 Å². The Kier molecular flexibility index (Phi) is 19.6. The van der Waals surface area contributed by atoms with E-state index in [1.807, 2.05) is 0 Å². The van der Waals surface area contributed by atoms with Gasteiger partial charge in [-0.15, -0.1) is 0 Å². The van der Waals surface area contributed by atoms with Gasteiger partial charge in [-0.2, -0.15) is 0 Å². The molecule has 0 amide bonds. The molecule has 5 heteroatoms. The van der Waals surface area contributed by atoms with Crippen molar-refractivity contribution in [2.45, 2.75) is 123 Å². The molecule has 0 unspecified atom stereocenters. The highest BCUT2D eigenvalue weighted by atomic mass is 32.2. The van der Waals surface area contributed by atoms with Gasteiger partial charge < -0.3 is 4.55 Å². The fraction of sp³-hybridized carbons (Fsp3) is 0.786. The van der Waals surface area contributed by atoms with Crippen molar-refractivity contribution in [2.75, 3.05) is 24.6 Å². The number of hydrogen-bond acceptors (Lipinski definition) is 3. The minimum absolute atomic E-state index is 0.0634. The molecule has 0 atom stereocenters. The fourth-order valence-electron chi connectivity index (χ4n) is 4.34. The zero-order valence-corrected chi connectivity index (χ0v) is 24.1. The standard InChI is InChI=1S/C16H36P.C12H18O3S/c1-5-9-13-17(14-10-6-2,15-11-7-3)16-12-8-4;1-2-3-4-5-8-11-9-6-7-10-12(11)16(13,14)15/h5-16H2,1-4H3;6-7,9-10H,2-5,8H2,1H3,(H,13,14,15)/q+1;/p-1. The van der Waals surface area contributed by atoms with Crippen molar-refractivity contribution < 1.29 is 13.0 Å². The van der Waals surface area contributed by atoms with E-state index in [9.17, 15) is 13.0 Å². The monoisotopic (exact) mass is 500 g/mol. The van der Waals surface area contributed by atoms with Gasteiger partial charge in [0.15, 0.2) is 0 Å². The molecule has 0 aromatic heterocycles. The van der Waals surface area contributed by atoms with Gasteiger partial charge in [0.2, 0.25) is 0 Å². The second-order valence-electron chi connectivity index (χ2n) is 9.52. The van der Waals surface area contributed by atoms with Crippen LogP contribution in [-0.4, -0.2) is 37.6 Å². The van der Waals surface area contributed by atoms with Crippen LogP contribution in [0.4, 0.5) is 0 Å². The lowest BCUT2D eigenvalue weighted by molar-refractivity contribution is 0.461. The van der Waals surface area contributed by atoms with Crippen molar-refractivity contribution in [1.82, 2.24) is 0 Å². The van der Waals surface area contributed by atoms with Gasteiger partial charge in [0.1, 0.15) is 10.1 Å². The van der Waals surface area contributed by atoms with Crippen molar-refractivity contribution in [3.63, 3.8) is 0 Å². The molecule has 0 aliphatic rings. The fourth-order valence-corrected chi connectivity index (χ4v) is 10.4. The summed E-state index contributed by atoms with van der Waals surface area (Å²) in [5.74, 6) is 0. The summed E-state index contributed by atoms with van der Waals surface area (Å²) in [6, 6.07) is 6.46. The van der Waals surface area contributed by atoms with E-state index in [1.54, 1.807) is 42.8 Å². The van der Waals surface area contributed by atoms with Crippen molar-refractivity contribution in [1.29, 1.82) is 0 Å². The molecule has 0 bridgehead atoms. The lowest BCUT2D eigenvalue weighted by atomic mass is 10.1. The highest BCUT2D eigenvalue weighted by Crippen LogP contribution is 2.61. The Morgan fingerprint density at radius 1 is 0.636 bits per heavy atom. The van der Waals surface area contributed by atoms with Gasteiger partial charge in [0.25, 0.3) is 0 Å². The molecule has 0 aliphatic heterocycles. The zero-order chi connectivity index (χ0) is 25.0. The van der Waals surface area contributed by atoms with Crippen LogP contribution in [-0.2, 0) is 16.5 Å². The maximum Gasteiger partial charge on any atom is 0.124 e. The van der Waals surface area contributed by atoms with Crippen LogP contribution in [0.2, 0.25) is 0 Å². The predicted molar refractivity (Wildman–Crippen MR) is 148 cm³/mol. The molecule has 1 aromatic rings. The van der Waals surface area contributed by atoms with Gasteiger partial charge in [0, 0.05) is 7.26 Å². The molecule has 0 saturated heterocycles. The summed E-state index contributed by atoms with van der Waals surface area (Å²) in [5.41, 5.74) is 0.647. The number of hydrogen-bond donors (Lipinski definition) is 0. The highest BCUT2D eigenvalue weighted by Gasteiger charge is 2.34. The Labute approximate surface area is 207 Å². The first-order valence-corrected chi connectivity index (χ1v) is 17.6. The third-order valence-corrected chi connectivity index (χ3v) is 12.5. The van der Waals surface area contributed by atoms with E-state index in [2.05, 4.69) is 34.6 Å². The number of rotatable bonds is 18. The largest absolute Gasteiger partial charge is 0.744 e. The summed E-state index contributed by atoms with van der Waals surface area (Å²) in [7, 11) is -4.89. The zero-order valence-electron chi connectivity index (χ0n) is 22.4. The Bertz CT molecular complexity index is 651. The van der Waals surface area contributed by atoms with Crippen LogP contribution in [0.25, 0.3) is 0 Å². The van der Waals surface area contributed by atoms with Crippen LogP contribution in [0, 0.1) is 0 Å². The third-order valence-electron chi connectivity index (χ3n) is 6.49. The van der Waals surface area contributed by atoms with Crippen molar-refractivity contribution >= 4 is 17.4 Å². The molecule has 1 rings (SSSR count). The molecular formula is C28H53O3PS. The molecule has 0 fully saturated rings. The van der Waals surface area contributed by atoms with Crippen LogP contribution in [0.15, 0.2) is 29.2 Å². The highest BCUT2D eigenvalue weighted by molar-refractivity contribution is 7.85. The summed E-state index contributed by atoms with van der Waals surface area (Å²) in [4.78, 5) is -0.0634. The Balaban J connectivity index is 0.000000621. The number of aryl methyl sites for hydroxylation is 1. The first-order chi connectivity index (χ1) is 15.8. The topological polar surface area (TPSA) is 57.2 Å². The summed E-state index contributed by atoms with van der Waals surface area (Å²) in [5, 5.41) is 0. The first kappa shape index (κ1) is 32.6. The van der Waals surface area contributed by atoms with Gasteiger partial charge >= 0.3 is 0 Å². The maximum atomic E-state index is 11.0. The predicted octanol–water partition coefficient (Wildman–Crippen LogP) is 8.92. The summed E-state index contributed by atoms with van der Waals surface area (Å²) in [6.07, 6.45) is 22.9. The molecule has 0 spiro atoms. The van der Waals surface area contributed by atoms with Gasteiger partial charge in [-0.1, -0.05) is 97.8 Å². The first-order valence-electron chi connectivity index (χ1n) is 13.7. The molecule has 33 heavy (non-hydrogen) atoms. The van der Waals surface area contributed by atoms with E-state index in [0.717, 1.165) is 25.7 Å². The minimum Gasteiger partial charge on any atom is -0.744 e. The SMILES string of the molecule is CCCCCCc1ccccc1S(=O)(=O)[O-].CCCC[P+](CCCC)(CCCC)CCCC. The lowest BCUT2D eigenvalue weighted by Gasteiger charge is -2.28. The van der Waals surface area contributed by atoms with E-state index in [-0.39, 0.29) is 4.90 Å². The summed E-state index contributed by atoms with van der Waals surface area (Å²) < 4.78 is 33.0. The van der Waals surface area contributed by atoms with Gasteiger partial charge in [-0.05, 0) is 50.2 Å². The third kappa shape index (κ3) is 15.2. The molecule has 3 nitrogen and oxygen atoms in total. The van der Waals surface area contributed by atoms with Gasteiger partial charge in [-0.25, -0.2) is 8.42 Å². The number of unbranched alkanes of at least 4 members (excludes halogenated alkanes) is 7. The van der Waals surface area contributed by atoms with E-state index in [1.165, 1.54) is 57.4 Å². The van der Waals surface area contributed by atoms with Crippen LogP contribution in [0.3, 0.4) is 0 Å². The minimum atomic E-state index is -4.33. The van der Waals surface area contributed by atoms with Crippen LogP contribution in [0.5, 0.6) is 0 Å². The molecule has 0 aliphatic carbocycles. The maximum absolute atomic E-state index is 11.0. The van der Waals surface area contributed by atoms with Crippen molar-refractivity contribution in [3.8, 4) is 0 Å². The molecule has 0 radical (unpaired) electrons. The van der Waals surface area contributed by atoms with Crippen LogP contribution >= 0.6 is 7.26 Å². The van der Waals surface area contributed by atoms with E-state index in [0.29, 0.717) is 12.0 Å². The normalized spacial score (nSPS) is 11.8. The summed E-state index contributed by atoms with van der Waals surface area (Å²) >= 11 is 0. The van der Waals surface area contributed by atoms with E-state index >= 15 is 0 Å². The molecule has 194 valence electrons. The average Bonchev–Trinajstić information content (AvgIpc) is 2.81. The molecular weight excluding hydrogens is 447 g/mol. The average molecular weight is 501 g/mol. The van der Waals surface area contributed by atoms with Gasteiger partial charge in [-0.3, -0.25) is 0 Å². The van der Waals surface area contributed by atoms with E-state index in [4.69, 9.17) is 0 Å².